The maximum Gasteiger partial charge on any atom is 0.274 e. The van der Waals surface area contributed by atoms with Crippen LogP contribution in [-0.2, 0) is 0 Å². The number of nitrogens with one attached hydrogen (secondary N) is 1. The molecule has 0 bridgehead atoms. The van der Waals surface area contributed by atoms with E-state index < -0.39 is 0 Å². The number of rotatable bonds is 6. The summed E-state index contributed by atoms with van der Waals surface area (Å²) in [5, 5.41) is 2.88. The molecule has 0 atom stereocenters. The molecule has 6 nitrogen and oxygen atoms in total. The Morgan fingerprint density at radius 2 is 1.89 bits per heavy atom. The minimum atomic E-state index is -0.312. The highest BCUT2D eigenvalue weighted by Crippen LogP contribution is 2.26. The van der Waals surface area contributed by atoms with Crippen molar-refractivity contribution in [3.8, 4) is 5.75 Å². The molecule has 0 aliphatic heterocycles. The molecule has 1 aromatic heterocycles. The molecule has 0 spiro atoms. The van der Waals surface area contributed by atoms with Crippen LogP contribution >= 0.6 is 0 Å². The lowest BCUT2D eigenvalue weighted by Gasteiger charge is -2.21. The predicted octanol–water partition coefficient (Wildman–Crippen LogP) is 4.51. The van der Waals surface area contributed by atoms with Gasteiger partial charge in [0.1, 0.15) is 11.4 Å². The topological polar surface area (TPSA) is 67.4 Å². The van der Waals surface area contributed by atoms with Crippen LogP contribution in [0.2, 0.25) is 0 Å². The monoisotopic (exact) mass is 376 g/mol. The number of hydrogen-bond acceptors (Lipinski definition) is 5. The number of nitrogens with zero attached hydrogens (tertiary/aromatic N) is 3. The molecule has 1 N–H and O–H groups in total. The summed E-state index contributed by atoms with van der Waals surface area (Å²) >= 11 is 0. The number of benzene rings is 2. The largest absolute Gasteiger partial charge is 0.495 e. The van der Waals surface area contributed by atoms with Crippen LogP contribution < -0.4 is 15.0 Å². The van der Waals surface area contributed by atoms with Gasteiger partial charge >= 0.3 is 0 Å². The Balaban J connectivity index is 1.88. The molecule has 1 amide bonds. The Hall–Kier alpha value is -3.41. The second-order valence-electron chi connectivity index (χ2n) is 6.48. The van der Waals surface area contributed by atoms with E-state index in [-0.39, 0.29) is 5.91 Å². The van der Waals surface area contributed by atoms with E-state index in [4.69, 9.17) is 4.74 Å². The molecule has 0 saturated heterocycles. The Bertz CT molecular complexity index is 988. The number of ether oxygens (including phenoxy) is 1. The SMILES string of the molecule is CCN(c1cccc(C)c1)c1nccc(C(=O)Nc2cc(C)ccc2OC)n1. The fourth-order valence-electron chi connectivity index (χ4n) is 2.95. The molecular weight excluding hydrogens is 352 g/mol. The van der Waals surface area contributed by atoms with E-state index in [0.717, 1.165) is 16.8 Å². The van der Waals surface area contributed by atoms with E-state index in [9.17, 15) is 4.79 Å². The first-order valence-electron chi connectivity index (χ1n) is 9.15. The molecule has 6 heteroatoms. The minimum Gasteiger partial charge on any atom is -0.495 e. The summed E-state index contributed by atoms with van der Waals surface area (Å²) in [5.74, 6) is 0.771. The van der Waals surface area contributed by atoms with Crippen molar-refractivity contribution in [2.45, 2.75) is 20.8 Å². The first-order chi connectivity index (χ1) is 13.5. The third-order valence-electron chi connectivity index (χ3n) is 4.35. The molecule has 0 fully saturated rings. The minimum absolute atomic E-state index is 0.291. The van der Waals surface area contributed by atoms with Crippen LogP contribution in [0.5, 0.6) is 5.75 Å². The van der Waals surface area contributed by atoms with Crippen molar-refractivity contribution in [1.82, 2.24) is 9.97 Å². The van der Waals surface area contributed by atoms with Gasteiger partial charge in [0.15, 0.2) is 0 Å². The molecule has 1 heterocycles. The van der Waals surface area contributed by atoms with Gasteiger partial charge in [0.2, 0.25) is 5.95 Å². The van der Waals surface area contributed by atoms with Gasteiger partial charge in [-0.25, -0.2) is 9.97 Å². The lowest BCUT2D eigenvalue weighted by atomic mass is 10.2. The Kier molecular flexibility index (Phi) is 5.89. The molecule has 0 saturated carbocycles. The average molecular weight is 376 g/mol. The van der Waals surface area contributed by atoms with E-state index in [1.165, 1.54) is 0 Å². The van der Waals surface area contributed by atoms with E-state index >= 15 is 0 Å². The second kappa shape index (κ2) is 8.52. The number of methoxy groups -OCH3 is 1. The summed E-state index contributed by atoms with van der Waals surface area (Å²) in [5.41, 5.74) is 4.06. The molecule has 3 aromatic rings. The smallest absolute Gasteiger partial charge is 0.274 e. The fraction of sp³-hybridized carbons (Fsp3) is 0.227. The van der Waals surface area contributed by atoms with Crippen molar-refractivity contribution in [2.24, 2.45) is 0 Å². The molecular formula is C22H24N4O2. The fourth-order valence-corrected chi connectivity index (χ4v) is 2.95. The number of amides is 1. The van der Waals surface area contributed by atoms with E-state index in [0.29, 0.717) is 29.6 Å². The van der Waals surface area contributed by atoms with Gasteiger partial charge in [0.25, 0.3) is 5.91 Å². The Morgan fingerprint density at radius 3 is 2.61 bits per heavy atom. The van der Waals surface area contributed by atoms with Gasteiger partial charge in [-0.3, -0.25) is 4.79 Å². The summed E-state index contributed by atoms with van der Waals surface area (Å²) in [7, 11) is 1.57. The summed E-state index contributed by atoms with van der Waals surface area (Å²) in [6.07, 6.45) is 1.60. The highest BCUT2D eigenvalue weighted by atomic mass is 16.5. The van der Waals surface area contributed by atoms with Crippen molar-refractivity contribution < 1.29 is 9.53 Å². The molecule has 0 radical (unpaired) electrons. The van der Waals surface area contributed by atoms with Gasteiger partial charge in [0.05, 0.1) is 12.8 Å². The average Bonchev–Trinajstić information content (AvgIpc) is 2.69. The zero-order valence-corrected chi connectivity index (χ0v) is 16.6. The van der Waals surface area contributed by atoms with Crippen LogP contribution in [0.25, 0.3) is 0 Å². The van der Waals surface area contributed by atoms with Gasteiger partial charge in [0, 0.05) is 18.4 Å². The van der Waals surface area contributed by atoms with E-state index in [1.54, 1.807) is 19.4 Å². The van der Waals surface area contributed by atoms with Crippen molar-refractivity contribution in [3.63, 3.8) is 0 Å². The number of aryl methyl sites for hydroxylation is 2. The molecule has 0 unspecified atom stereocenters. The third kappa shape index (κ3) is 4.28. The van der Waals surface area contributed by atoms with Gasteiger partial charge in [-0.15, -0.1) is 0 Å². The van der Waals surface area contributed by atoms with Crippen LogP contribution in [0.3, 0.4) is 0 Å². The van der Waals surface area contributed by atoms with Crippen LogP contribution in [-0.4, -0.2) is 29.5 Å². The number of aromatic nitrogens is 2. The number of hydrogen-bond donors (Lipinski definition) is 1. The number of carbonyl (C=O) groups is 1. The van der Waals surface area contributed by atoms with Crippen LogP contribution in [0.15, 0.2) is 54.7 Å². The quantitative estimate of drug-likeness (QED) is 0.685. The van der Waals surface area contributed by atoms with Crippen molar-refractivity contribution in [3.05, 3.63) is 71.5 Å². The predicted molar refractivity (Wildman–Crippen MR) is 112 cm³/mol. The number of anilines is 3. The second-order valence-corrected chi connectivity index (χ2v) is 6.48. The normalized spacial score (nSPS) is 10.4. The summed E-state index contributed by atoms with van der Waals surface area (Å²) < 4.78 is 5.33. The molecule has 144 valence electrons. The summed E-state index contributed by atoms with van der Waals surface area (Å²) in [6, 6.07) is 15.3. The zero-order valence-electron chi connectivity index (χ0n) is 16.6. The lowest BCUT2D eigenvalue weighted by molar-refractivity contribution is 0.102. The maximum atomic E-state index is 12.8. The van der Waals surface area contributed by atoms with Crippen LogP contribution in [0.1, 0.15) is 28.5 Å². The Morgan fingerprint density at radius 1 is 1.11 bits per heavy atom. The molecule has 3 rings (SSSR count). The first kappa shape index (κ1) is 19.4. The standard InChI is InChI=1S/C22H24N4O2/c1-5-26(17-8-6-7-15(2)13-17)22-23-12-11-18(25-22)21(27)24-19-14-16(3)9-10-20(19)28-4/h6-14H,5H2,1-4H3,(H,24,27). The van der Waals surface area contributed by atoms with Gasteiger partial charge < -0.3 is 15.0 Å². The number of carbonyl (C=O) groups excluding carboxylic acids is 1. The highest BCUT2D eigenvalue weighted by molar-refractivity contribution is 6.03. The van der Waals surface area contributed by atoms with Gasteiger partial charge in [-0.1, -0.05) is 18.2 Å². The highest BCUT2D eigenvalue weighted by Gasteiger charge is 2.16. The molecule has 0 aliphatic carbocycles. The zero-order chi connectivity index (χ0) is 20.1. The molecule has 2 aromatic carbocycles. The van der Waals surface area contributed by atoms with Crippen molar-refractivity contribution >= 4 is 23.2 Å². The van der Waals surface area contributed by atoms with Gasteiger partial charge in [-0.2, -0.15) is 0 Å². The molecule has 28 heavy (non-hydrogen) atoms. The Labute approximate surface area is 165 Å². The summed E-state index contributed by atoms with van der Waals surface area (Å²) in [4.78, 5) is 23.6. The first-order valence-corrected chi connectivity index (χ1v) is 9.15. The molecule has 0 aliphatic rings. The maximum absolute atomic E-state index is 12.8. The van der Waals surface area contributed by atoms with Crippen LogP contribution in [0, 0.1) is 13.8 Å². The van der Waals surface area contributed by atoms with E-state index in [2.05, 4.69) is 21.4 Å². The van der Waals surface area contributed by atoms with Gasteiger partial charge in [-0.05, 0) is 62.2 Å². The van der Waals surface area contributed by atoms with Crippen LogP contribution in [0.4, 0.5) is 17.3 Å². The van der Waals surface area contributed by atoms with Crippen molar-refractivity contribution in [1.29, 1.82) is 0 Å². The summed E-state index contributed by atoms with van der Waals surface area (Å²) in [6.45, 7) is 6.70. The van der Waals surface area contributed by atoms with E-state index in [1.807, 2.05) is 62.1 Å². The van der Waals surface area contributed by atoms with Crippen molar-refractivity contribution in [2.75, 3.05) is 23.9 Å². The lowest BCUT2D eigenvalue weighted by Crippen LogP contribution is -2.21. The third-order valence-corrected chi connectivity index (χ3v) is 4.35.